The van der Waals surface area contributed by atoms with E-state index in [4.69, 9.17) is 9.72 Å². The van der Waals surface area contributed by atoms with Crippen molar-refractivity contribution in [1.82, 2.24) is 18.7 Å². The van der Waals surface area contributed by atoms with Gasteiger partial charge in [-0.1, -0.05) is 93.2 Å². The minimum absolute atomic E-state index is 0.0740. The molecule has 0 N–H and O–H groups in total. The third kappa shape index (κ3) is 5.31. The van der Waals surface area contributed by atoms with Crippen molar-refractivity contribution in [3.63, 3.8) is 0 Å². The van der Waals surface area contributed by atoms with Gasteiger partial charge in [-0.2, -0.15) is 0 Å². The zero-order valence-corrected chi connectivity index (χ0v) is 37.0. The van der Waals surface area contributed by atoms with Crippen LogP contribution in [-0.4, -0.2) is 18.7 Å². The molecular formula is C54H38N4OPtS-2. The molecular weight excluding hydrogens is 948 g/mol. The topological polar surface area (TPSA) is 36.9 Å². The van der Waals surface area contributed by atoms with E-state index in [2.05, 4.69) is 206 Å². The Balaban J connectivity index is 1.10. The van der Waals surface area contributed by atoms with Gasteiger partial charge in [-0.3, -0.25) is 0 Å². The van der Waals surface area contributed by atoms with E-state index in [9.17, 15) is 0 Å². The van der Waals surface area contributed by atoms with Gasteiger partial charge in [0.1, 0.15) is 0 Å². The summed E-state index contributed by atoms with van der Waals surface area (Å²) in [4.78, 5) is 7.66. The van der Waals surface area contributed by atoms with E-state index in [1.54, 1.807) is 0 Å². The van der Waals surface area contributed by atoms with Crippen molar-refractivity contribution >= 4 is 44.6 Å². The SMILES string of the molecule is Cn1[c](=[Pt])n(-c2[c-]c(Oc3[c-]c4c(cc3)c3cc5c(cc3n4-c3cc(C(C)(C)C)ccn3)C3(c4ccccc4Sc4ccccc43)c3ccccc3-5)ccc2)c2ccccc21. The van der Waals surface area contributed by atoms with E-state index >= 15 is 0 Å². The quantitative estimate of drug-likeness (QED) is 0.165. The summed E-state index contributed by atoms with van der Waals surface area (Å²) in [5.74, 6) is 2.07. The number of rotatable bonds is 4. The first-order valence-corrected chi connectivity index (χ1v) is 22.5. The van der Waals surface area contributed by atoms with Crippen LogP contribution in [0.25, 0.3) is 55.5 Å². The van der Waals surface area contributed by atoms with Gasteiger partial charge in [0.05, 0.1) is 5.41 Å². The molecule has 4 heterocycles. The number of aryl methyl sites for hydroxylation is 1. The normalized spacial score (nSPS) is 13.7. The summed E-state index contributed by atoms with van der Waals surface area (Å²) in [6, 6.07) is 62.2. The molecule has 0 saturated carbocycles. The molecule has 0 fully saturated rings. The van der Waals surface area contributed by atoms with Crippen molar-refractivity contribution in [2.24, 2.45) is 7.05 Å². The second-order valence-electron chi connectivity index (χ2n) is 17.0. The number of pyridine rings is 1. The second-order valence-corrected chi connectivity index (χ2v) is 19.1. The van der Waals surface area contributed by atoms with Crippen LogP contribution in [0.15, 0.2) is 168 Å². The average molecular weight is 986 g/mol. The number of aromatic nitrogens is 4. The van der Waals surface area contributed by atoms with Gasteiger partial charge < -0.3 is 0 Å². The monoisotopic (exact) mass is 985 g/mol. The van der Waals surface area contributed by atoms with Crippen LogP contribution in [0.1, 0.15) is 48.6 Å². The molecule has 61 heavy (non-hydrogen) atoms. The van der Waals surface area contributed by atoms with Crippen LogP contribution in [0, 0.1) is 15.9 Å². The summed E-state index contributed by atoms with van der Waals surface area (Å²) in [6.45, 7) is 6.76. The van der Waals surface area contributed by atoms with Crippen LogP contribution in [0.2, 0.25) is 0 Å². The van der Waals surface area contributed by atoms with E-state index in [1.807, 2.05) is 36.2 Å². The van der Waals surface area contributed by atoms with Crippen LogP contribution in [0.3, 0.4) is 0 Å². The third-order valence-corrected chi connectivity index (χ3v) is 15.0. The first-order valence-electron chi connectivity index (χ1n) is 20.5. The number of para-hydroxylation sites is 2. The summed E-state index contributed by atoms with van der Waals surface area (Å²) < 4.78 is 14.5. The van der Waals surface area contributed by atoms with Gasteiger partial charge in [0, 0.05) is 16.0 Å². The average Bonchev–Trinajstić information content (AvgIpc) is 3.85. The molecule has 1 aliphatic carbocycles. The summed E-state index contributed by atoms with van der Waals surface area (Å²) in [5.41, 5.74) is 13.5. The molecule has 7 aromatic carbocycles. The Morgan fingerprint density at radius 2 is 1.30 bits per heavy atom. The molecule has 3 aromatic heterocycles. The van der Waals surface area contributed by atoms with Gasteiger partial charge in [-0.05, 0) is 62.6 Å². The van der Waals surface area contributed by atoms with E-state index in [0.29, 0.717) is 11.5 Å². The molecule has 1 aliphatic heterocycles. The fraction of sp³-hybridized carbons (Fsp3) is 0.111. The number of fused-ring (bicyclic) bond motifs is 13. The zero-order chi connectivity index (χ0) is 41.2. The van der Waals surface area contributed by atoms with E-state index in [1.165, 1.54) is 48.7 Å². The molecule has 0 saturated heterocycles. The Hall–Kier alpha value is -6.20. The van der Waals surface area contributed by atoms with Gasteiger partial charge in [0.25, 0.3) is 0 Å². The number of ether oxygens (including phenoxy) is 1. The number of imidazole rings is 1. The van der Waals surface area contributed by atoms with Crippen molar-refractivity contribution in [3.05, 3.63) is 202 Å². The minimum atomic E-state index is -0.501. The molecule has 0 unspecified atom stereocenters. The first kappa shape index (κ1) is 36.6. The standard InChI is InChI=1S/C54H38N4OS.Pt/c1-53(2,3)34-26-27-55-52(28-34)58-48-30-37(59-36-15-13-14-35(29-36)57-33-56(4)46-20-9-10-21-47(46)57)24-25-39(48)41-31-40-38-16-5-6-17-42(38)54(45(40)32-49(41)58)43-18-7-11-22-50(43)60-51-23-12-8-19-44(51)54;/h5-28,31-32H,1-4H3;/q-2;. The molecule has 12 rings (SSSR count). The van der Waals surface area contributed by atoms with Crippen LogP contribution in [0.5, 0.6) is 11.5 Å². The predicted octanol–water partition coefficient (Wildman–Crippen LogP) is 13.1. The summed E-state index contributed by atoms with van der Waals surface area (Å²) in [6.07, 6.45) is 1.94. The molecule has 1 spiro atoms. The number of hydrogen-bond donors (Lipinski definition) is 0. The number of nitrogens with zero attached hydrogens (tertiary/aromatic N) is 4. The van der Waals surface area contributed by atoms with Crippen LogP contribution in [-0.2, 0) is 37.2 Å². The van der Waals surface area contributed by atoms with E-state index in [-0.39, 0.29) is 5.41 Å². The molecule has 10 aromatic rings. The maximum atomic E-state index is 6.70. The zero-order valence-electron chi connectivity index (χ0n) is 33.9. The summed E-state index contributed by atoms with van der Waals surface area (Å²) >= 11 is 4.25. The van der Waals surface area contributed by atoms with Crippen LogP contribution in [0.4, 0.5) is 0 Å². The van der Waals surface area contributed by atoms with Gasteiger partial charge in [0.2, 0.25) is 0 Å². The molecule has 0 bridgehead atoms. The molecule has 0 amide bonds. The van der Waals surface area contributed by atoms with Crippen molar-refractivity contribution in [3.8, 4) is 34.1 Å². The van der Waals surface area contributed by atoms with Gasteiger partial charge in [-0.25, -0.2) is 0 Å². The summed E-state index contributed by atoms with van der Waals surface area (Å²) in [5, 5.41) is 2.24. The summed E-state index contributed by atoms with van der Waals surface area (Å²) in [7, 11) is 2.09. The Kier molecular flexibility index (Phi) is 8.05. The molecule has 5 nitrogen and oxygen atoms in total. The molecule has 2 aliphatic rings. The van der Waals surface area contributed by atoms with Gasteiger partial charge >= 0.3 is 194 Å². The second kappa shape index (κ2) is 13.4. The van der Waals surface area contributed by atoms with Gasteiger partial charge in [0.15, 0.2) is 0 Å². The van der Waals surface area contributed by atoms with Crippen molar-refractivity contribution in [2.45, 2.75) is 41.4 Å². The number of benzene rings is 7. The van der Waals surface area contributed by atoms with Crippen LogP contribution < -0.4 is 4.74 Å². The molecule has 7 heteroatoms. The Morgan fingerprint density at radius 1 is 0.607 bits per heavy atom. The third-order valence-electron chi connectivity index (χ3n) is 12.6. The molecule has 0 atom stereocenters. The molecule has 298 valence electrons. The number of hydrogen-bond acceptors (Lipinski definition) is 3. The van der Waals surface area contributed by atoms with Crippen LogP contribution >= 0.6 is 11.8 Å². The van der Waals surface area contributed by atoms with E-state index in [0.717, 1.165) is 48.1 Å². The maximum absolute atomic E-state index is 6.70. The fourth-order valence-corrected chi connectivity index (χ4v) is 11.8. The van der Waals surface area contributed by atoms with Crippen molar-refractivity contribution < 1.29 is 24.1 Å². The Labute approximate surface area is 369 Å². The van der Waals surface area contributed by atoms with Gasteiger partial charge in [-0.15, -0.1) is 0 Å². The first-order chi connectivity index (χ1) is 29.7. The molecule has 0 radical (unpaired) electrons. The van der Waals surface area contributed by atoms with Crippen molar-refractivity contribution in [2.75, 3.05) is 0 Å². The Morgan fingerprint density at radius 3 is 2.07 bits per heavy atom. The van der Waals surface area contributed by atoms with Crippen molar-refractivity contribution in [1.29, 1.82) is 0 Å². The fourth-order valence-electron chi connectivity index (χ4n) is 9.81. The predicted molar refractivity (Wildman–Crippen MR) is 242 cm³/mol. The van der Waals surface area contributed by atoms with E-state index < -0.39 is 5.41 Å². The Bertz CT molecular complexity index is 3490.